The third kappa shape index (κ3) is 1.20. The molecule has 3 aliphatic rings. The zero-order valence-electron chi connectivity index (χ0n) is 8.78. The summed E-state index contributed by atoms with van der Waals surface area (Å²) in [6.45, 7) is 0. The molecule has 3 aliphatic carbocycles. The molecule has 2 saturated carbocycles. The van der Waals surface area contributed by atoms with Crippen molar-refractivity contribution in [1.82, 2.24) is 0 Å². The van der Waals surface area contributed by atoms with E-state index in [0.717, 1.165) is 17.9 Å². The predicted molar refractivity (Wildman–Crippen MR) is 57.4 cm³/mol. The minimum absolute atomic E-state index is 0.458. The molecule has 0 aliphatic heterocycles. The number of rotatable bonds is 1. The molecule has 0 heterocycles. The van der Waals surface area contributed by atoms with Crippen molar-refractivity contribution >= 4 is 5.97 Å². The number of fused-ring (bicyclic) bond motifs is 2. The summed E-state index contributed by atoms with van der Waals surface area (Å²) in [5.41, 5.74) is 1.59. The molecule has 0 aromatic carbocycles. The molecule has 2 fully saturated rings. The minimum atomic E-state index is -0.788. The van der Waals surface area contributed by atoms with E-state index in [-0.39, 0.29) is 0 Å². The summed E-state index contributed by atoms with van der Waals surface area (Å²) in [6, 6.07) is 0. The summed E-state index contributed by atoms with van der Waals surface area (Å²) >= 11 is 0. The molecule has 0 radical (unpaired) electrons. The van der Waals surface area contributed by atoms with E-state index in [4.69, 9.17) is 5.11 Å². The van der Waals surface area contributed by atoms with Crippen LogP contribution in [0.15, 0.2) is 23.8 Å². The molecule has 0 unspecified atom stereocenters. The molecule has 1 N–H and O–H groups in total. The standard InChI is InChI=1S/C13H16O2/c14-12(15)8-9-7-11-10(9)3-6-13(11)4-1-2-5-13/h3,6,8,10-11H,1-2,4-5,7H2,(H,14,15)/t10-,11-/m0/s1. The zero-order chi connectivity index (χ0) is 10.5. The van der Waals surface area contributed by atoms with Gasteiger partial charge in [-0.15, -0.1) is 0 Å². The second-order valence-electron chi connectivity index (χ2n) is 5.19. The van der Waals surface area contributed by atoms with Crippen LogP contribution in [0.2, 0.25) is 0 Å². The first-order chi connectivity index (χ1) is 7.21. The average Bonchev–Trinajstić information content (AvgIpc) is 2.70. The third-order valence-corrected chi connectivity index (χ3v) is 4.53. The minimum Gasteiger partial charge on any atom is -0.478 e. The fourth-order valence-corrected chi connectivity index (χ4v) is 3.74. The van der Waals surface area contributed by atoms with E-state index in [1.165, 1.54) is 31.8 Å². The van der Waals surface area contributed by atoms with E-state index >= 15 is 0 Å². The first kappa shape index (κ1) is 9.20. The van der Waals surface area contributed by atoms with Crippen molar-refractivity contribution in [2.24, 2.45) is 17.3 Å². The van der Waals surface area contributed by atoms with Gasteiger partial charge in [-0.05, 0) is 30.6 Å². The molecule has 0 aromatic heterocycles. The van der Waals surface area contributed by atoms with Crippen LogP contribution in [0.3, 0.4) is 0 Å². The zero-order valence-corrected chi connectivity index (χ0v) is 8.78. The maximum absolute atomic E-state index is 10.6. The lowest BCUT2D eigenvalue weighted by molar-refractivity contribution is -0.131. The topological polar surface area (TPSA) is 37.3 Å². The number of carboxylic acids is 1. The van der Waals surface area contributed by atoms with Gasteiger partial charge in [0.25, 0.3) is 0 Å². The van der Waals surface area contributed by atoms with Gasteiger partial charge in [-0.2, -0.15) is 0 Å². The molecular formula is C13H16O2. The Kier molecular flexibility index (Phi) is 1.82. The quantitative estimate of drug-likeness (QED) is 0.526. The van der Waals surface area contributed by atoms with Gasteiger partial charge in [0.2, 0.25) is 0 Å². The third-order valence-electron chi connectivity index (χ3n) is 4.53. The second-order valence-corrected chi connectivity index (χ2v) is 5.19. The van der Waals surface area contributed by atoms with Gasteiger partial charge in [0, 0.05) is 12.0 Å². The fourth-order valence-electron chi connectivity index (χ4n) is 3.74. The van der Waals surface area contributed by atoms with Gasteiger partial charge in [0.1, 0.15) is 0 Å². The highest BCUT2D eigenvalue weighted by molar-refractivity contribution is 5.81. The largest absolute Gasteiger partial charge is 0.478 e. The van der Waals surface area contributed by atoms with Gasteiger partial charge in [-0.25, -0.2) is 4.79 Å². The van der Waals surface area contributed by atoms with Gasteiger partial charge in [0.05, 0.1) is 0 Å². The Hall–Kier alpha value is -1.05. The van der Waals surface area contributed by atoms with Crippen LogP contribution < -0.4 is 0 Å². The number of carboxylic acid groups (broad SMARTS) is 1. The highest BCUT2D eigenvalue weighted by Gasteiger charge is 2.52. The second kappa shape index (κ2) is 2.97. The first-order valence-electron chi connectivity index (χ1n) is 5.84. The first-order valence-corrected chi connectivity index (χ1v) is 5.84. The van der Waals surface area contributed by atoms with Gasteiger partial charge in [-0.3, -0.25) is 0 Å². The van der Waals surface area contributed by atoms with Crippen molar-refractivity contribution in [1.29, 1.82) is 0 Å². The van der Waals surface area contributed by atoms with Gasteiger partial charge in [-0.1, -0.05) is 30.6 Å². The average molecular weight is 204 g/mol. The summed E-state index contributed by atoms with van der Waals surface area (Å²) in [5.74, 6) is 0.397. The smallest absolute Gasteiger partial charge is 0.328 e. The van der Waals surface area contributed by atoms with E-state index in [1.54, 1.807) is 0 Å². The lowest BCUT2D eigenvalue weighted by atomic mass is 9.60. The van der Waals surface area contributed by atoms with Crippen LogP contribution in [-0.4, -0.2) is 11.1 Å². The van der Waals surface area contributed by atoms with Crippen LogP contribution in [0.5, 0.6) is 0 Å². The molecule has 15 heavy (non-hydrogen) atoms. The van der Waals surface area contributed by atoms with Crippen molar-refractivity contribution in [3.63, 3.8) is 0 Å². The summed E-state index contributed by atoms with van der Waals surface area (Å²) < 4.78 is 0. The highest BCUT2D eigenvalue weighted by Crippen LogP contribution is 2.61. The molecule has 2 atom stereocenters. The van der Waals surface area contributed by atoms with Crippen LogP contribution >= 0.6 is 0 Å². The van der Waals surface area contributed by atoms with Crippen LogP contribution in [0.25, 0.3) is 0 Å². The van der Waals surface area contributed by atoms with E-state index in [0.29, 0.717) is 11.3 Å². The molecule has 0 bridgehead atoms. The van der Waals surface area contributed by atoms with Gasteiger partial charge < -0.3 is 5.11 Å². The SMILES string of the molecule is O=C(O)C=C1C[C@H]2[C@H]1C=CC21CCCC1. The highest BCUT2D eigenvalue weighted by atomic mass is 16.4. The number of allylic oxidation sites excluding steroid dienone is 3. The van der Waals surface area contributed by atoms with Gasteiger partial charge >= 0.3 is 5.97 Å². The summed E-state index contributed by atoms with van der Waals surface area (Å²) in [7, 11) is 0. The van der Waals surface area contributed by atoms with Gasteiger partial charge in [0.15, 0.2) is 0 Å². The Morgan fingerprint density at radius 2 is 2.20 bits per heavy atom. The Morgan fingerprint density at radius 3 is 2.87 bits per heavy atom. The molecule has 1 spiro atoms. The Morgan fingerprint density at radius 1 is 1.47 bits per heavy atom. The number of hydrogen-bond donors (Lipinski definition) is 1. The van der Waals surface area contributed by atoms with Crippen LogP contribution in [0.1, 0.15) is 32.1 Å². The van der Waals surface area contributed by atoms with Crippen LogP contribution in [0.4, 0.5) is 0 Å². The van der Waals surface area contributed by atoms with Crippen molar-refractivity contribution in [2.45, 2.75) is 32.1 Å². The number of carbonyl (C=O) groups is 1. The molecule has 0 aromatic rings. The normalized spacial score (nSPS) is 38.3. The lowest BCUT2D eigenvalue weighted by Crippen LogP contribution is -2.35. The van der Waals surface area contributed by atoms with Crippen molar-refractivity contribution in [2.75, 3.05) is 0 Å². The summed E-state index contributed by atoms with van der Waals surface area (Å²) in [6.07, 6.45) is 12.4. The van der Waals surface area contributed by atoms with E-state index < -0.39 is 5.97 Å². The molecule has 2 heteroatoms. The van der Waals surface area contributed by atoms with Crippen LogP contribution in [0, 0.1) is 17.3 Å². The molecule has 80 valence electrons. The Labute approximate surface area is 89.7 Å². The molecule has 0 amide bonds. The Bertz CT molecular complexity index is 359. The maximum atomic E-state index is 10.6. The maximum Gasteiger partial charge on any atom is 0.328 e. The monoisotopic (exact) mass is 204 g/mol. The van der Waals surface area contributed by atoms with Crippen molar-refractivity contribution < 1.29 is 9.90 Å². The molecule has 2 nitrogen and oxygen atoms in total. The number of aliphatic carboxylic acids is 1. The van der Waals surface area contributed by atoms with Crippen LogP contribution in [-0.2, 0) is 4.79 Å². The summed E-state index contributed by atoms with van der Waals surface area (Å²) in [5, 5.41) is 8.73. The molecule has 3 rings (SSSR count). The molecular weight excluding hydrogens is 188 g/mol. The van der Waals surface area contributed by atoms with E-state index in [1.807, 2.05) is 0 Å². The predicted octanol–water partition coefficient (Wildman–Crippen LogP) is 2.76. The summed E-state index contributed by atoms with van der Waals surface area (Å²) in [4.78, 5) is 10.6. The van der Waals surface area contributed by atoms with E-state index in [9.17, 15) is 4.79 Å². The lowest BCUT2D eigenvalue weighted by Gasteiger charge is -2.43. The van der Waals surface area contributed by atoms with Crippen molar-refractivity contribution in [3.05, 3.63) is 23.8 Å². The fraction of sp³-hybridized carbons (Fsp3) is 0.615. The Balaban J connectivity index is 1.80. The number of hydrogen-bond acceptors (Lipinski definition) is 1. The van der Waals surface area contributed by atoms with E-state index in [2.05, 4.69) is 12.2 Å². The van der Waals surface area contributed by atoms with Crippen molar-refractivity contribution in [3.8, 4) is 0 Å². The molecule has 0 saturated heterocycles.